The zero-order chi connectivity index (χ0) is 17.8. The van der Waals surface area contributed by atoms with Gasteiger partial charge >= 0.3 is 5.97 Å². The molecule has 0 radical (unpaired) electrons. The first kappa shape index (κ1) is 17.5. The van der Waals surface area contributed by atoms with Gasteiger partial charge in [-0.3, -0.25) is 9.36 Å². The van der Waals surface area contributed by atoms with Crippen LogP contribution in [0.4, 0.5) is 0 Å². The summed E-state index contributed by atoms with van der Waals surface area (Å²) in [6, 6.07) is 15.4. The van der Waals surface area contributed by atoms with Crippen molar-refractivity contribution in [2.45, 2.75) is 18.5 Å². The highest BCUT2D eigenvalue weighted by atomic mass is 35.5. The Hall–Kier alpha value is -2.31. The van der Waals surface area contributed by atoms with Crippen molar-refractivity contribution in [1.29, 1.82) is 0 Å². The molecule has 0 bridgehead atoms. The van der Waals surface area contributed by atoms with Gasteiger partial charge in [0.1, 0.15) is 0 Å². The molecule has 0 unspecified atom stereocenters. The Bertz CT molecular complexity index is 876. The van der Waals surface area contributed by atoms with Crippen molar-refractivity contribution in [3.8, 4) is 17.1 Å². The normalized spacial score (nSPS) is 10.8. The van der Waals surface area contributed by atoms with E-state index >= 15 is 0 Å². The fourth-order valence-electron chi connectivity index (χ4n) is 2.31. The summed E-state index contributed by atoms with van der Waals surface area (Å²) in [6.45, 7) is 2.03. The molecular formula is C18H16ClN3O2S. The highest BCUT2D eigenvalue weighted by Gasteiger charge is 2.16. The summed E-state index contributed by atoms with van der Waals surface area (Å²) < 4.78 is 1.94. The number of rotatable bonds is 6. The third-order valence-corrected chi connectivity index (χ3v) is 4.76. The van der Waals surface area contributed by atoms with Gasteiger partial charge in [0.15, 0.2) is 11.0 Å². The number of nitrogens with zero attached hydrogens (tertiary/aromatic N) is 3. The Morgan fingerprint density at radius 2 is 1.80 bits per heavy atom. The third-order valence-electron chi connectivity index (χ3n) is 3.58. The van der Waals surface area contributed by atoms with E-state index in [1.807, 2.05) is 60.0 Å². The van der Waals surface area contributed by atoms with E-state index in [4.69, 9.17) is 16.7 Å². The van der Waals surface area contributed by atoms with Gasteiger partial charge in [0.05, 0.1) is 6.42 Å². The van der Waals surface area contributed by atoms with E-state index in [0.29, 0.717) is 21.8 Å². The van der Waals surface area contributed by atoms with Crippen LogP contribution in [0.25, 0.3) is 17.1 Å². The Morgan fingerprint density at radius 3 is 2.44 bits per heavy atom. The molecule has 0 aliphatic carbocycles. The highest BCUT2D eigenvalue weighted by molar-refractivity contribution is 7.99. The quantitative estimate of drug-likeness (QED) is 0.646. The van der Waals surface area contributed by atoms with Gasteiger partial charge in [-0.1, -0.05) is 41.1 Å². The Balaban J connectivity index is 2.02. The van der Waals surface area contributed by atoms with Gasteiger partial charge in [0.2, 0.25) is 0 Å². The van der Waals surface area contributed by atoms with Crippen LogP contribution < -0.4 is 0 Å². The van der Waals surface area contributed by atoms with E-state index < -0.39 is 5.97 Å². The van der Waals surface area contributed by atoms with Crippen molar-refractivity contribution in [2.75, 3.05) is 5.75 Å². The molecule has 5 nitrogen and oxygen atoms in total. The van der Waals surface area contributed by atoms with Crippen molar-refractivity contribution < 1.29 is 9.90 Å². The van der Waals surface area contributed by atoms with Crippen LogP contribution in [-0.4, -0.2) is 31.6 Å². The van der Waals surface area contributed by atoms with Crippen LogP contribution >= 0.6 is 23.4 Å². The number of carbonyl (C=O) groups is 1. The van der Waals surface area contributed by atoms with Gasteiger partial charge in [0, 0.05) is 22.0 Å². The maximum absolute atomic E-state index is 10.8. The number of hydrogen-bond acceptors (Lipinski definition) is 4. The Kier molecular flexibility index (Phi) is 5.40. The minimum atomic E-state index is -0.827. The number of hydrogen-bond donors (Lipinski definition) is 1. The first-order chi connectivity index (χ1) is 12.0. The van der Waals surface area contributed by atoms with Crippen LogP contribution in [0.3, 0.4) is 0 Å². The molecule has 1 heterocycles. The zero-order valence-corrected chi connectivity index (χ0v) is 15.1. The van der Waals surface area contributed by atoms with Crippen LogP contribution in [0.1, 0.15) is 12.0 Å². The van der Waals surface area contributed by atoms with Crippen LogP contribution in [0.15, 0.2) is 53.7 Å². The number of benzene rings is 2. The summed E-state index contributed by atoms with van der Waals surface area (Å²) in [7, 11) is 0. The van der Waals surface area contributed by atoms with Gasteiger partial charge < -0.3 is 5.11 Å². The van der Waals surface area contributed by atoms with Gasteiger partial charge in [-0.25, -0.2) is 0 Å². The highest BCUT2D eigenvalue weighted by Crippen LogP contribution is 2.29. The van der Waals surface area contributed by atoms with Crippen LogP contribution in [0.5, 0.6) is 0 Å². The standard InChI is InChI=1S/C18H16ClN3O2S/c1-12-2-8-15(9-3-12)22-17(13-4-6-14(19)7-5-13)20-21-18(22)25-11-10-16(23)24/h2-9H,10-11H2,1H3,(H,23,24). The van der Waals surface area contributed by atoms with E-state index in [2.05, 4.69) is 10.2 Å². The monoisotopic (exact) mass is 373 g/mol. The smallest absolute Gasteiger partial charge is 0.304 e. The molecule has 0 aliphatic heterocycles. The van der Waals surface area contributed by atoms with Crippen molar-refractivity contribution in [1.82, 2.24) is 14.8 Å². The second-order valence-corrected chi connectivity index (χ2v) is 6.97. The topological polar surface area (TPSA) is 68.0 Å². The lowest BCUT2D eigenvalue weighted by Gasteiger charge is -2.10. The number of thioether (sulfide) groups is 1. The zero-order valence-electron chi connectivity index (χ0n) is 13.5. The van der Waals surface area contributed by atoms with E-state index in [1.54, 1.807) is 0 Å². The molecule has 0 aliphatic rings. The molecule has 1 N–H and O–H groups in total. The number of aliphatic carboxylic acids is 1. The largest absolute Gasteiger partial charge is 0.481 e. The van der Waals surface area contributed by atoms with Gasteiger partial charge in [-0.2, -0.15) is 0 Å². The maximum Gasteiger partial charge on any atom is 0.304 e. The molecule has 0 saturated heterocycles. The molecular weight excluding hydrogens is 358 g/mol. The second kappa shape index (κ2) is 7.72. The summed E-state index contributed by atoms with van der Waals surface area (Å²) in [5.41, 5.74) is 2.98. The molecule has 0 fully saturated rings. The number of carboxylic acids is 1. The molecule has 0 spiro atoms. The van der Waals surface area contributed by atoms with Crippen LogP contribution in [-0.2, 0) is 4.79 Å². The summed E-state index contributed by atoms with van der Waals surface area (Å²) in [5, 5.41) is 18.7. The van der Waals surface area contributed by atoms with E-state index in [0.717, 1.165) is 16.8 Å². The van der Waals surface area contributed by atoms with E-state index in [-0.39, 0.29) is 6.42 Å². The van der Waals surface area contributed by atoms with Crippen LogP contribution in [0.2, 0.25) is 5.02 Å². The van der Waals surface area contributed by atoms with Crippen molar-refractivity contribution in [3.63, 3.8) is 0 Å². The fourth-order valence-corrected chi connectivity index (χ4v) is 3.31. The average molecular weight is 374 g/mol. The number of carboxylic acid groups (broad SMARTS) is 1. The molecule has 3 aromatic rings. The number of halogens is 1. The molecule has 1 aromatic heterocycles. The van der Waals surface area contributed by atoms with Gasteiger partial charge in [-0.05, 0) is 43.3 Å². The maximum atomic E-state index is 10.8. The lowest BCUT2D eigenvalue weighted by Crippen LogP contribution is -2.01. The molecule has 0 amide bonds. The Labute approximate surface area is 154 Å². The Morgan fingerprint density at radius 1 is 1.12 bits per heavy atom. The molecule has 128 valence electrons. The first-order valence-corrected chi connectivity index (χ1v) is 9.04. The average Bonchev–Trinajstić information content (AvgIpc) is 3.00. The van der Waals surface area contributed by atoms with Gasteiger partial charge in [-0.15, -0.1) is 10.2 Å². The molecule has 2 aromatic carbocycles. The van der Waals surface area contributed by atoms with Crippen molar-refractivity contribution in [3.05, 3.63) is 59.1 Å². The molecule has 0 saturated carbocycles. The molecule has 7 heteroatoms. The summed E-state index contributed by atoms with van der Waals surface area (Å²) >= 11 is 7.35. The molecule has 3 rings (SSSR count). The second-order valence-electron chi connectivity index (χ2n) is 5.48. The van der Waals surface area contributed by atoms with Gasteiger partial charge in [0.25, 0.3) is 0 Å². The van der Waals surface area contributed by atoms with E-state index in [1.165, 1.54) is 11.8 Å². The lowest BCUT2D eigenvalue weighted by molar-refractivity contribution is -0.136. The number of aryl methyl sites for hydroxylation is 1. The van der Waals surface area contributed by atoms with Crippen LogP contribution in [0, 0.1) is 6.92 Å². The lowest BCUT2D eigenvalue weighted by atomic mass is 10.2. The van der Waals surface area contributed by atoms with E-state index in [9.17, 15) is 4.79 Å². The fraction of sp³-hybridized carbons (Fsp3) is 0.167. The summed E-state index contributed by atoms with van der Waals surface area (Å²) in [4.78, 5) is 10.8. The first-order valence-electron chi connectivity index (χ1n) is 7.67. The molecule has 0 atom stereocenters. The predicted octanol–water partition coefficient (Wildman–Crippen LogP) is 4.46. The van der Waals surface area contributed by atoms with Crippen molar-refractivity contribution >= 4 is 29.3 Å². The minimum absolute atomic E-state index is 0.0711. The predicted molar refractivity (Wildman–Crippen MR) is 99.5 cm³/mol. The third kappa shape index (κ3) is 4.21. The number of aromatic nitrogens is 3. The molecule has 25 heavy (non-hydrogen) atoms. The van der Waals surface area contributed by atoms with Crippen molar-refractivity contribution in [2.24, 2.45) is 0 Å². The summed E-state index contributed by atoms with van der Waals surface area (Å²) in [6.07, 6.45) is 0.0711. The summed E-state index contributed by atoms with van der Waals surface area (Å²) in [5.74, 6) is 0.296. The minimum Gasteiger partial charge on any atom is -0.481 e. The SMILES string of the molecule is Cc1ccc(-n2c(SCCC(=O)O)nnc2-c2ccc(Cl)cc2)cc1.